The number of esters is 1. The number of aliphatic carboxylic acids is 1. The number of carboxylic acid groups (broad SMARTS) is 1. The Morgan fingerprint density at radius 3 is 2.38 bits per heavy atom. The van der Waals surface area contributed by atoms with Crippen molar-refractivity contribution in [3.8, 4) is 5.75 Å². The van der Waals surface area contributed by atoms with E-state index in [9.17, 15) is 14.4 Å². The van der Waals surface area contributed by atoms with Gasteiger partial charge in [-0.25, -0.2) is 9.59 Å². The van der Waals surface area contributed by atoms with Gasteiger partial charge in [0.2, 0.25) is 0 Å². The quantitative estimate of drug-likeness (QED) is 0.423. The van der Waals surface area contributed by atoms with E-state index in [2.05, 4.69) is 6.58 Å². The number of carboxylic acids is 1. The number of hydrogen-bond donors (Lipinski definition) is 1. The third kappa shape index (κ3) is 5.31. The van der Waals surface area contributed by atoms with Crippen molar-refractivity contribution in [2.24, 2.45) is 0 Å². The van der Waals surface area contributed by atoms with E-state index >= 15 is 0 Å². The highest BCUT2D eigenvalue weighted by Crippen LogP contribution is 2.16. The van der Waals surface area contributed by atoms with Crippen LogP contribution >= 0.6 is 0 Å². The largest absolute Gasteiger partial charge is 0.490 e. The summed E-state index contributed by atoms with van der Waals surface area (Å²) in [6, 6.07) is 15.0. The molecular weight excluding hydrogens is 336 g/mol. The van der Waals surface area contributed by atoms with Crippen LogP contribution < -0.4 is 4.74 Å². The average molecular weight is 354 g/mol. The van der Waals surface area contributed by atoms with Crippen molar-refractivity contribution in [3.05, 3.63) is 77.9 Å². The van der Waals surface area contributed by atoms with E-state index in [1.165, 1.54) is 12.1 Å². The number of para-hydroxylation sites is 1. The molecule has 2 aromatic carbocycles. The summed E-state index contributed by atoms with van der Waals surface area (Å²) >= 11 is 0. The van der Waals surface area contributed by atoms with E-state index in [0.29, 0.717) is 12.0 Å². The van der Waals surface area contributed by atoms with Crippen LogP contribution in [0.5, 0.6) is 5.75 Å². The standard InChI is InChI=1S/C20H18O6/c1-14(19(22)23)11-17(13-25-16-8-3-2-4-9-16)26-20(24)18-10-6-5-7-15(18)12-21/h2-10,12,17H,1,11,13H2,(H,22,23). The number of benzene rings is 2. The lowest BCUT2D eigenvalue weighted by atomic mass is 10.1. The van der Waals surface area contributed by atoms with Crippen LogP contribution in [0.15, 0.2) is 66.7 Å². The van der Waals surface area contributed by atoms with Gasteiger partial charge in [-0.2, -0.15) is 0 Å². The van der Waals surface area contributed by atoms with Gasteiger partial charge in [0.05, 0.1) is 5.56 Å². The second-order valence-electron chi connectivity index (χ2n) is 5.47. The maximum atomic E-state index is 12.4. The lowest BCUT2D eigenvalue weighted by Gasteiger charge is -2.19. The first-order valence-corrected chi connectivity index (χ1v) is 7.85. The summed E-state index contributed by atoms with van der Waals surface area (Å²) in [6.45, 7) is 3.41. The molecule has 0 spiro atoms. The molecule has 6 nitrogen and oxygen atoms in total. The normalized spacial score (nSPS) is 11.2. The summed E-state index contributed by atoms with van der Waals surface area (Å²) in [6.07, 6.45) is -0.412. The molecule has 26 heavy (non-hydrogen) atoms. The average Bonchev–Trinajstić information content (AvgIpc) is 2.66. The number of hydrogen-bond acceptors (Lipinski definition) is 5. The van der Waals surface area contributed by atoms with Crippen LogP contribution in [0.4, 0.5) is 0 Å². The fourth-order valence-corrected chi connectivity index (χ4v) is 2.20. The number of ether oxygens (including phenoxy) is 2. The zero-order valence-corrected chi connectivity index (χ0v) is 14.0. The molecule has 0 aliphatic rings. The minimum absolute atomic E-state index is 0.0503. The molecule has 0 fully saturated rings. The predicted octanol–water partition coefficient (Wildman–Crippen LogP) is 3.13. The van der Waals surface area contributed by atoms with Gasteiger partial charge >= 0.3 is 11.9 Å². The van der Waals surface area contributed by atoms with Crippen molar-refractivity contribution >= 4 is 18.2 Å². The van der Waals surface area contributed by atoms with Crippen LogP contribution in [-0.4, -0.2) is 36.0 Å². The van der Waals surface area contributed by atoms with Gasteiger partial charge in [0.15, 0.2) is 6.29 Å². The molecule has 1 unspecified atom stereocenters. The van der Waals surface area contributed by atoms with Crippen molar-refractivity contribution in [2.75, 3.05) is 6.61 Å². The molecule has 1 atom stereocenters. The minimum Gasteiger partial charge on any atom is -0.490 e. The van der Waals surface area contributed by atoms with Gasteiger partial charge in [-0.05, 0) is 18.2 Å². The summed E-state index contributed by atoms with van der Waals surface area (Å²) in [4.78, 5) is 34.5. The lowest BCUT2D eigenvalue weighted by molar-refractivity contribution is -0.133. The summed E-state index contributed by atoms with van der Waals surface area (Å²) in [5.41, 5.74) is 0.188. The molecular formula is C20H18O6. The molecule has 1 N–H and O–H groups in total. The maximum absolute atomic E-state index is 12.4. The smallest absolute Gasteiger partial charge is 0.339 e. The minimum atomic E-state index is -1.18. The zero-order chi connectivity index (χ0) is 18.9. The van der Waals surface area contributed by atoms with Crippen molar-refractivity contribution in [1.82, 2.24) is 0 Å². The number of rotatable bonds is 9. The van der Waals surface area contributed by atoms with Gasteiger partial charge in [-0.3, -0.25) is 4.79 Å². The van der Waals surface area contributed by atoms with Crippen LogP contribution in [0.2, 0.25) is 0 Å². The molecule has 0 aromatic heterocycles. The Balaban J connectivity index is 2.11. The molecule has 0 bridgehead atoms. The fraction of sp³-hybridized carbons (Fsp3) is 0.150. The maximum Gasteiger partial charge on any atom is 0.339 e. The van der Waals surface area contributed by atoms with Crippen LogP contribution in [0.1, 0.15) is 27.1 Å². The van der Waals surface area contributed by atoms with E-state index < -0.39 is 18.0 Å². The Hall–Kier alpha value is -3.41. The molecule has 0 radical (unpaired) electrons. The molecule has 0 heterocycles. The van der Waals surface area contributed by atoms with E-state index in [0.717, 1.165) is 0 Å². The molecule has 2 aromatic rings. The van der Waals surface area contributed by atoms with Crippen molar-refractivity contribution in [1.29, 1.82) is 0 Å². The summed E-state index contributed by atoms with van der Waals surface area (Å²) < 4.78 is 10.9. The molecule has 2 rings (SSSR count). The first kappa shape index (κ1) is 18.9. The molecule has 6 heteroatoms. The van der Waals surface area contributed by atoms with Crippen LogP contribution in [0.25, 0.3) is 0 Å². The van der Waals surface area contributed by atoms with E-state index in [4.69, 9.17) is 14.6 Å². The first-order chi connectivity index (χ1) is 12.5. The molecule has 0 aliphatic heterocycles. The Kier molecular flexibility index (Phi) is 6.68. The second-order valence-corrected chi connectivity index (χ2v) is 5.47. The third-order valence-corrected chi connectivity index (χ3v) is 3.54. The lowest BCUT2D eigenvalue weighted by Crippen LogP contribution is -2.27. The molecule has 0 amide bonds. The topological polar surface area (TPSA) is 89.9 Å². The fourth-order valence-electron chi connectivity index (χ4n) is 2.20. The van der Waals surface area contributed by atoms with Gasteiger partial charge in [0.25, 0.3) is 0 Å². The Labute approximate surface area is 150 Å². The van der Waals surface area contributed by atoms with Gasteiger partial charge < -0.3 is 14.6 Å². The summed E-state index contributed by atoms with van der Waals surface area (Å²) in [7, 11) is 0. The number of carbonyl (C=O) groups is 3. The van der Waals surface area contributed by atoms with Crippen molar-refractivity contribution in [2.45, 2.75) is 12.5 Å². The van der Waals surface area contributed by atoms with E-state index in [1.54, 1.807) is 36.4 Å². The zero-order valence-electron chi connectivity index (χ0n) is 14.0. The Bertz CT molecular complexity index is 797. The van der Waals surface area contributed by atoms with Gasteiger partial charge in [-0.15, -0.1) is 0 Å². The SMILES string of the molecule is C=C(CC(COc1ccccc1)OC(=O)c1ccccc1C=O)C(=O)O. The van der Waals surface area contributed by atoms with Gasteiger partial charge in [-0.1, -0.05) is 43.0 Å². The highest BCUT2D eigenvalue weighted by molar-refractivity contribution is 5.98. The van der Waals surface area contributed by atoms with Crippen LogP contribution in [0, 0.1) is 0 Å². The monoisotopic (exact) mass is 354 g/mol. The Morgan fingerprint density at radius 2 is 1.73 bits per heavy atom. The number of carbonyl (C=O) groups excluding carboxylic acids is 2. The Morgan fingerprint density at radius 1 is 1.08 bits per heavy atom. The summed E-state index contributed by atoms with van der Waals surface area (Å²) in [5, 5.41) is 9.02. The molecule has 134 valence electrons. The van der Waals surface area contributed by atoms with Crippen LogP contribution in [0.3, 0.4) is 0 Å². The number of aldehydes is 1. The highest BCUT2D eigenvalue weighted by atomic mass is 16.6. The second kappa shape index (κ2) is 9.17. The first-order valence-electron chi connectivity index (χ1n) is 7.85. The van der Waals surface area contributed by atoms with Gasteiger partial charge in [0, 0.05) is 17.6 Å². The van der Waals surface area contributed by atoms with Crippen LogP contribution in [-0.2, 0) is 9.53 Å². The van der Waals surface area contributed by atoms with E-state index in [1.807, 2.05) is 6.07 Å². The van der Waals surface area contributed by atoms with Crippen molar-refractivity contribution in [3.63, 3.8) is 0 Å². The highest BCUT2D eigenvalue weighted by Gasteiger charge is 2.22. The van der Waals surface area contributed by atoms with E-state index in [-0.39, 0.29) is 29.7 Å². The molecule has 0 saturated carbocycles. The summed E-state index contributed by atoms with van der Waals surface area (Å²) in [5.74, 6) is -1.35. The predicted molar refractivity (Wildman–Crippen MR) is 94.4 cm³/mol. The third-order valence-electron chi connectivity index (χ3n) is 3.54. The molecule has 0 aliphatic carbocycles. The van der Waals surface area contributed by atoms with Crippen molar-refractivity contribution < 1.29 is 29.0 Å². The molecule has 0 saturated heterocycles. The van der Waals surface area contributed by atoms with Gasteiger partial charge in [0.1, 0.15) is 18.5 Å².